The normalized spacial score (nSPS) is 11.2. The number of hydrogen-bond donors (Lipinski definition) is 2. The average Bonchev–Trinajstić information content (AvgIpc) is 3.17. The van der Waals surface area contributed by atoms with E-state index in [1.807, 2.05) is 22.9 Å². The number of benzene rings is 1. The molecule has 10 heteroatoms. The molecule has 0 bridgehead atoms. The molecule has 0 saturated heterocycles. The van der Waals surface area contributed by atoms with Crippen LogP contribution >= 0.6 is 23.5 Å². The SMILES string of the molecule is COCCNc1nc(SC(C)C)nc2c1cnn2CCNC(=O)CSCc1ccccc1. The molecule has 3 rings (SSSR count). The van der Waals surface area contributed by atoms with Gasteiger partial charge in [0.05, 0.1) is 30.5 Å². The summed E-state index contributed by atoms with van der Waals surface area (Å²) in [7, 11) is 1.67. The summed E-state index contributed by atoms with van der Waals surface area (Å²) >= 11 is 3.22. The Morgan fingerprint density at radius 3 is 2.75 bits per heavy atom. The van der Waals surface area contributed by atoms with Crippen molar-refractivity contribution in [3.05, 3.63) is 42.1 Å². The van der Waals surface area contributed by atoms with Gasteiger partial charge >= 0.3 is 0 Å². The lowest BCUT2D eigenvalue weighted by molar-refractivity contribution is -0.118. The van der Waals surface area contributed by atoms with Gasteiger partial charge in [0.15, 0.2) is 10.8 Å². The van der Waals surface area contributed by atoms with E-state index in [0.29, 0.717) is 42.4 Å². The fourth-order valence-electron chi connectivity index (χ4n) is 2.96. The van der Waals surface area contributed by atoms with Gasteiger partial charge in [-0.25, -0.2) is 14.6 Å². The highest BCUT2D eigenvalue weighted by Gasteiger charge is 2.14. The number of aromatic nitrogens is 4. The van der Waals surface area contributed by atoms with Gasteiger partial charge in [-0.3, -0.25) is 4.79 Å². The van der Waals surface area contributed by atoms with Crippen LogP contribution in [0.3, 0.4) is 0 Å². The van der Waals surface area contributed by atoms with Crippen LogP contribution in [0.25, 0.3) is 11.0 Å². The van der Waals surface area contributed by atoms with Crippen LogP contribution in [0.4, 0.5) is 5.82 Å². The highest BCUT2D eigenvalue weighted by Crippen LogP contribution is 2.26. The Balaban J connectivity index is 1.57. The number of ether oxygens (including phenoxy) is 1. The van der Waals surface area contributed by atoms with E-state index in [1.54, 1.807) is 36.8 Å². The molecule has 0 spiro atoms. The van der Waals surface area contributed by atoms with E-state index >= 15 is 0 Å². The molecule has 2 heterocycles. The fraction of sp³-hybridized carbons (Fsp3) is 0.455. The molecular weight excluding hydrogens is 444 g/mol. The molecule has 172 valence electrons. The Kier molecular flexibility index (Phi) is 9.63. The molecule has 1 amide bonds. The number of hydrogen-bond acceptors (Lipinski definition) is 8. The Labute approximate surface area is 197 Å². The summed E-state index contributed by atoms with van der Waals surface area (Å²) < 4.78 is 6.95. The molecule has 0 aliphatic rings. The van der Waals surface area contributed by atoms with E-state index in [2.05, 4.69) is 46.7 Å². The number of amides is 1. The first-order valence-corrected chi connectivity index (χ1v) is 12.6. The van der Waals surface area contributed by atoms with Gasteiger partial charge in [0.25, 0.3) is 0 Å². The minimum atomic E-state index is 0.0231. The lowest BCUT2D eigenvalue weighted by Gasteiger charge is -2.11. The maximum atomic E-state index is 12.2. The number of rotatable bonds is 13. The van der Waals surface area contributed by atoms with Crippen LogP contribution in [0.15, 0.2) is 41.7 Å². The quantitative estimate of drug-likeness (QED) is 0.221. The minimum absolute atomic E-state index is 0.0231. The second-order valence-corrected chi connectivity index (χ2v) is 9.90. The molecule has 0 fully saturated rings. The topological polar surface area (TPSA) is 94.0 Å². The van der Waals surface area contributed by atoms with Crippen molar-refractivity contribution >= 4 is 46.3 Å². The van der Waals surface area contributed by atoms with Crippen LogP contribution in [0.1, 0.15) is 19.4 Å². The van der Waals surface area contributed by atoms with Crippen LogP contribution < -0.4 is 10.6 Å². The number of carbonyl (C=O) groups excluding carboxylic acids is 1. The summed E-state index contributed by atoms with van der Waals surface area (Å²) in [5, 5.41) is 12.7. The average molecular weight is 475 g/mol. The predicted octanol–water partition coefficient (Wildman–Crippen LogP) is 3.43. The molecule has 0 unspecified atom stereocenters. The highest BCUT2D eigenvalue weighted by molar-refractivity contribution is 7.99. The third kappa shape index (κ3) is 7.39. The molecular formula is C22H30N6O2S2. The number of thioether (sulfide) groups is 2. The molecule has 2 N–H and O–H groups in total. The number of methoxy groups -OCH3 is 1. The van der Waals surface area contributed by atoms with Gasteiger partial charge in [0, 0.05) is 31.2 Å². The largest absolute Gasteiger partial charge is 0.383 e. The maximum absolute atomic E-state index is 12.2. The maximum Gasteiger partial charge on any atom is 0.230 e. The molecule has 8 nitrogen and oxygen atoms in total. The van der Waals surface area contributed by atoms with Crippen molar-refractivity contribution in [2.45, 2.75) is 36.6 Å². The summed E-state index contributed by atoms with van der Waals surface area (Å²) in [4.78, 5) is 21.6. The van der Waals surface area contributed by atoms with Crippen molar-refractivity contribution in [3.63, 3.8) is 0 Å². The van der Waals surface area contributed by atoms with Crippen LogP contribution in [-0.4, -0.2) is 63.5 Å². The van der Waals surface area contributed by atoms with Crippen LogP contribution in [0.2, 0.25) is 0 Å². The fourth-order valence-corrected chi connectivity index (χ4v) is 4.48. The van der Waals surface area contributed by atoms with Gasteiger partial charge in [-0.05, 0) is 5.56 Å². The molecule has 32 heavy (non-hydrogen) atoms. The van der Waals surface area contributed by atoms with Crippen LogP contribution in [0, 0.1) is 0 Å². The van der Waals surface area contributed by atoms with Gasteiger partial charge in [0.1, 0.15) is 5.82 Å². The molecule has 0 radical (unpaired) electrons. The zero-order valence-corrected chi connectivity index (χ0v) is 20.3. The number of carbonyl (C=O) groups is 1. The molecule has 0 atom stereocenters. The van der Waals surface area contributed by atoms with Crippen LogP contribution in [-0.2, 0) is 21.8 Å². The summed E-state index contributed by atoms with van der Waals surface area (Å²) in [6.45, 7) is 6.48. The molecule has 3 aromatic rings. The van der Waals surface area contributed by atoms with Gasteiger partial charge in [-0.15, -0.1) is 11.8 Å². The molecule has 0 aliphatic heterocycles. The van der Waals surface area contributed by atoms with E-state index in [1.165, 1.54) is 5.56 Å². The Hall–Kier alpha value is -2.30. The van der Waals surface area contributed by atoms with Crippen molar-refractivity contribution in [2.24, 2.45) is 0 Å². The van der Waals surface area contributed by atoms with Crippen molar-refractivity contribution in [2.75, 3.05) is 37.9 Å². The first-order valence-electron chi connectivity index (χ1n) is 10.6. The molecule has 2 aromatic heterocycles. The zero-order chi connectivity index (χ0) is 22.8. The van der Waals surface area contributed by atoms with Gasteiger partial charge in [-0.1, -0.05) is 55.9 Å². The molecule has 1 aromatic carbocycles. The zero-order valence-electron chi connectivity index (χ0n) is 18.7. The first-order chi connectivity index (χ1) is 15.6. The number of anilines is 1. The standard InChI is InChI=1S/C22H30N6O2S2/c1-16(2)32-22-26-20(24-10-12-30-3)18-13-25-28(21(18)27-22)11-9-23-19(29)15-31-14-17-7-5-4-6-8-17/h4-8,13,16H,9-12,14-15H2,1-3H3,(H,23,29)(H,24,26,27). The Bertz CT molecular complexity index is 997. The summed E-state index contributed by atoms with van der Waals surface area (Å²) in [6.07, 6.45) is 1.77. The van der Waals surface area contributed by atoms with E-state index in [-0.39, 0.29) is 5.91 Å². The number of nitrogens with zero attached hydrogens (tertiary/aromatic N) is 4. The lowest BCUT2D eigenvalue weighted by atomic mass is 10.2. The van der Waals surface area contributed by atoms with Crippen LogP contribution in [0.5, 0.6) is 0 Å². The summed E-state index contributed by atoms with van der Waals surface area (Å²) in [5.41, 5.74) is 1.98. The molecule has 0 aliphatic carbocycles. The third-order valence-corrected chi connectivity index (χ3v) is 6.27. The second kappa shape index (κ2) is 12.7. The van der Waals surface area contributed by atoms with Gasteiger partial charge < -0.3 is 15.4 Å². The van der Waals surface area contributed by atoms with E-state index < -0.39 is 0 Å². The van der Waals surface area contributed by atoms with E-state index in [0.717, 1.165) is 22.6 Å². The van der Waals surface area contributed by atoms with E-state index in [9.17, 15) is 4.79 Å². The van der Waals surface area contributed by atoms with E-state index in [4.69, 9.17) is 9.72 Å². The van der Waals surface area contributed by atoms with Gasteiger partial charge in [0.2, 0.25) is 5.91 Å². The Morgan fingerprint density at radius 2 is 2.00 bits per heavy atom. The number of fused-ring (bicyclic) bond motifs is 1. The van der Waals surface area contributed by atoms with Crippen molar-refractivity contribution < 1.29 is 9.53 Å². The number of nitrogens with one attached hydrogen (secondary N) is 2. The van der Waals surface area contributed by atoms with Crippen molar-refractivity contribution in [3.8, 4) is 0 Å². The lowest BCUT2D eigenvalue weighted by Crippen LogP contribution is -2.29. The smallest absolute Gasteiger partial charge is 0.230 e. The minimum Gasteiger partial charge on any atom is -0.383 e. The highest BCUT2D eigenvalue weighted by atomic mass is 32.2. The summed E-state index contributed by atoms with van der Waals surface area (Å²) in [5.74, 6) is 2.03. The predicted molar refractivity (Wildman–Crippen MR) is 132 cm³/mol. The monoisotopic (exact) mass is 474 g/mol. The second-order valence-electron chi connectivity index (χ2n) is 7.37. The van der Waals surface area contributed by atoms with Crippen molar-refractivity contribution in [1.29, 1.82) is 0 Å². The Morgan fingerprint density at radius 1 is 1.19 bits per heavy atom. The van der Waals surface area contributed by atoms with Gasteiger partial charge in [-0.2, -0.15) is 5.10 Å². The third-order valence-electron chi connectivity index (χ3n) is 4.41. The summed E-state index contributed by atoms with van der Waals surface area (Å²) in [6, 6.07) is 10.2. The first kappa shape index (κ1) is 24.3. The molecule has 0 saturated carbocycles. The van der Waals surface area contributed by atoms with Crippen molar-refractivity contribution in [1.82, 2.24) is 25.1 Å².